The molecule has 0 radical (unpaired) electrons. The van der Waals surface area contributed by atoms with E-state index >= 15 is 0 Å². The van der Waals surface area contributed by atoms with E-state index in [1.54, 1.807) is 0 Å². The van der Waals surface area contributed by atoms with Gasteiger partial charge in [-0.05, 0) is 35.8 Å². The van der Waals surface area contributed by atoms with Gasteiger partial charge in [-0.1, -0.05) is 27.7 Å². The second-order valence-corrected chi connectivity index (χ2v) is 6.19. The van der Waals surface area contributed by atoms with Crippen LogP contribution in [0.4, 0.5) is 0 Å². The van der Waals surface area contributed by atoms with E-state index in [0.717, 1.165) is 13.0 Å². The van der Waals surface area contributed by atoms with Crippen molar-refractivity contribution in [3.05, 3.63) is 21.9 Å². The lowest BCUT2D eigenvalue weighted by molar-refractivity contribution is 0.285. The lowest BCUT2D eigenvalue weighted by atomic mass is 9.88. The van der Waals surface area contributed by atoms with Crippen LogP contribution < -0.4 is 5.32 Å². The van der Waals surface area contributed by atoms with E-state index in [1.165, 1.54) is 10.4 Å². The summed E-state index contributed by atoms with van der Waals surface area (Å²) in [6.45, 7) is 12.3. The van der Waals surface area contributed by atoms with Crippen molar-refractivity contribution in [1.29, 1.82) is 0 Å². The summed E-state index contributed by atoms with van der Waals surface area (Å²) in [7, 11) is 0. The third-order valence-corrected chi connectivity index (χ3v) is 4.05. The van der Waals surface area contributed by atoms with E-state index in [9.17, 15) is 0 Å². The highest BCUT2D eigenvalue weighted by molar-refractivity contribution is 7.10. The van der Waals surface area contributed by atoms with E-state index < -0.39 is 0 Å². The quantitative estimate of drug-likeness (QED) is 0.821. The van der Waals surface area contributed by atoms with Gasteiger partial charge in [-0.2, -0.15) is 0 Å². The molecule has 0 aromatic carbocycles. The molecule has 1 rings (SSSR count). The summed E-state index contributed by atoms with van der Waals surface area (Å²) in [5.74, 6) is 0. The van der Waals surface area contributed by atoms with Crippen LogP contribution in [0.5, 0.6) is 0 Å². The minimum absolute atomic E-state index is 0.337. The molecule has 0 saturated carbocycles. The fourth-order valence-electron chi connectivity index (χ4n) is 1.39. The van der Waals surface area contributed by atoms with Crippen LogP contribution in [0.25, 0.3) is 0 Å². The molecule has 0 amide bonds. The minimum atomic E-state index is 0.337. The van der Waals surface area contributed by atoms with Gasteiger partial charge in [-0.3, -0.25) is 0 Å². The van der Waals surface area contributed by atoms with Crippen LogP contribution in [0, 0.1) is 5.41 Å². The average Bonchev–Trinajstić information content (AvgIpc) is 2.59. The van der Waals surface area contributed by atoms with E-state index in [1.807, 2.05) is 11.3 Å². The number of thiophene rings is 1. The van der Waals surface area contributed by atoms with E-state index in [-0.39, 0.29) is 0 Å². The number of rotatable bonds is 4. The summed E-state index contributed by atoms with van der Waals surface area (Å²) >= 11 is 1.86. The average molecular weight is 225 g/mol. The van der Waals surface area contributed by atoms with Crippen LogP contribution in [-0.4, -0.2) is 6.04 Å². The van der Waals surface area contributed by atoms with Crippen molar-refractivity contribution in [1.82, 2.24) is 5.32 Å². The Labute approximate surface area is 97.9 Å². The largest absolute Gasteiger partial charge is 0.309 e. The van der Waals surface area contributed by atoms with Crippen molar-refractivity contribution in [2.24, 2.45) is 5.41 Å². The molecule has 0 fully saturated rings. The molecule has 1 atom stereocenters. The summed E-state index contributed by atoms with van der Waals surface area (Å²) < 4.78 is 0. The van der Waals surface area contributed by atoms with Crippen molar-refractivity contribution >= 4 is 11.3 Å². The molecule has 0 aliphatic heterocycles. The highest BCUT2D eigenvalue weighted by Gasteiger charge is 2.19. The molecule has 1 nitrogen and oxygen atoms in total. The summed E-state index contributed by atoms with van der Waals surface area (Å²) in [4.78, 5) is 1.49. The Kier molecular flexibility index (Phi) is 4.35. The van der Waals surface area contributed by atoms with Crippen LogP contribution >= 0.6 is 11.3 Å². The van der Waals surface area contributed by atoms with Crippen LogP contribution in [0.15, 0.2) is 11.4 Å². The number of hydrogen-bond donors (Lipinski definition) is 1. The van der Waals surface area contributed by atoms with Gasteiger partial charge in [0.15, 0.2) is 0 Å². The van der Waals surface area contributed by atoms with Gasteiger partial charge in [0.05, 0.1) is 0 Å². The molecule has 1 N–H and O–H groups in total. The molecule has 0 aliphatic carbocycles. The SMILES string of the molecule is CCc1ccsc1CNC(C)C(C)(C)C. The first-order valence-electron chi connectivity index (χ1n) is 5.73. The second-order valence-electron chi connectivity index (χ2n) is 5.19. The summed E-state index contributed by atoms with van der Waals surface area (Å²) in [5, 5.41) is 5.80. The molecule has 1 aromatic rings. The van der Waals surface area contributed by atoms with Crippen LogP contribution in [0.2, 0.25) is 0 Å². The number of nitrogens with one attached hydrogen (secondary N) is 1. The molecule has 0 bridgehead atoms. The van der Waals surface area contributed by atoms with Gasteiger partial charge in [0, 0.05) is 17.5 Å². The highest BCUT2D eigenvalue weighted by Crippen LogP contribution is 2.21. The van der Waals surface area contributed by atoms with E-state index in [2.05, 4.69) is 51.4 Å². The zero-order valence-corrected chi connectivity index (χ0v) is 11.4. The van der Waals surface area contributed by atoms with Crippen molar-refractivity contribution in [3.8, 4) is 0 Å². The summed E-state index contributed by atoms with van der Waals surface area (Å²) in [6, 6.07) is 2.79. The zero-order valence-electron chi connectivity index (χ0n) is 10.6. The van der Waals surface area contributed by atoms with Gasteiger partial charge in [-0.25, -0.2) is 0 Å². The van der Waals surface area contributed by atoms with Gasteiger partial charge >= 0.3 is 0 Å². The van der Waals surface area contributed by atoms with Crippen LogP contribution in [0.1, 0.15) is 45.1 Å². The molecular weight excluding hydrogens is 202 g/mol. The first-order valence-corrected chi connectivity index (χ1v) is 6.61. The van der Waals surface area contributed by atoms with E-state index in [4.69, 9.17) is 0 Å². The molecule has 15 heavy (non-hydrogen) atoms. The van der Waals surface area contributed by atoms with Gasteiger partial charge in [0.25, 0.3) is 0 Å². The smallest absolute Gasteiger partial charge is 0.0305 e. The number of aryl methyl sites for hydroxylation is 1. The fourth-order valence-corrected chi connectivity index (χ4v) is 2.32. The van der Waals surface area contributed by atoms with Gasteiger partial charge in [0.1, 0.15) is 0 Å². The third kappa shape index (κ3) is 3.62. The standard InChI is InChI=1S/C13H23NS/c1-6-11-7-8-15-12(11)9-14-10(2)13(3,4)5/h7-8,10,14H,6,9H2,1-5H3. The minimum Gasteiger partial charge on any atom is -0.309 e. The highest BCUT2D eigenvalue weighted by atomic mass is 32.1. The van der Waals surface area contributed by atoms with Gasteiger partial charge in [-0.15, -0.1) is 11.3 Å². The Morgan fingerprint density at radius 2 is 2.07 bits per heavy atom. The molecule has 86 valence electrons. The Morgan fingerprint density at radius 3 is 2.60 bits per heavy atom. The Hall–Kier alpha value is -0.340. The summed E-state index contributed by atoms with van der Waals surface area (Å²) in [5.41, 5.74) is 1.83. The van der Waals surface area contributed by atoms with Gasteiger partial charge in [0.2, 0.25) is 0 Å². The maximum atomic E-state index is 3.61. The topological polar surface area (TPSA) is 12.0 Å². The van der Waals surface area contributed by atoms with Crippen molar-refractivity contribution in [2.75, 3.05) is 0 Å². The Balaban J connectivity index is 2.50. The molecule has 0 spiro atoms. The number of hydrogen-bond acceptors (Lipinski definition) is 2. The molecule has 1 aromatic heterocycles. The Bertz CT molecular complexity index is 296. The van der Waals surface area contributed by atoms with E-state index in [0.29, 0.717) is 11.5 Å². The predicted molar refractivity (Wildman–Crippen MR) is 69.5 cm³/mol. The molecule has 1 unspecified atom stereocenters. The lowest BCUT2D eigenvalue weighted by Gasteiger charge is -2.28. The molecule has 0 aliphatic rings. The summed E-state index contributed by atoms with van der Waals surface area (Å²) in [6.07, 6.45) is 1.14. The maximum Gasteiger partial charge on any atom is 0.0305 e. The molecule has 2 heteroatoms. The van der Waals surface area contributed by atoms with Crippen LogP contribution in [0.3, 0.4) is 0 Å². The van der Waals surface area contributed by atoms with Crippen molar-refractivity contribution in [3.63, 3.8) is 0 Å². The first kappa shape index (κ1) is 12.7. The third-order valence-electron chi connectivity index (χ3n) is 3.09. The van der Waals surface area contributed by atoms with Gasteiger partial charge < -0.3 is 5.32 Å². The Morgan fingerprint density at radius 1 is 1.40 bits per heavy atom. The van der Waals surface area contributed by atoms with Crippen molar-refractivity contribution < 1.29 is 0 Å². The second kappa shape index (κ2) is 5.13. The normalized spacial score (nSPS) is 14.2. The fraction of sp³-hybridized carbons (Fsp3) is 0.692. The maximum absolute atomic E-state index is 3.61. The predicted octanol–water partition coefficient (Wildman–Crippen LogP) is 3.83. The molecule has 1 heterocycles. The first-order chi connectivity index (χ1) is 6.95. The molecule has 0 saturated heterocycles. The van der Waals surface area contributed by atoms with Crippen LogP contribution in [-0.2, 0) is 13.0 Å². The molecular formula is C13H23NS. The lowest BCUT2D eigenvalue weighted by Crippen LogP contribution is -2.37. The zero-order chi connectivity index (χ0) is 11.5. The van der Waals surface area contributed by atoms with Crippen molar-refractivity contribution in [2.45, 2.75) is 53.6 Å². The monoisotopic (exact) mass is 225 g/mol.